The fraction of sp³-hybridized carbons (Fsp3) is 0.632. The predicted molar refractivity (Wildman–Crippen MR) is 108 cm³/mol. The number of rotatable bonds is 7. The topological polar surface area (TPSA) is 39.8 Å². The van der Waals surface area contributed by atoms with Gasteiger partial charge in [0.25, 0.3) is 0 Å². The van der Waals surface area contributed by atoms with E-state index < -0.39 is 0 Å². The lowest BCUT2D eigenvalue weighted by Crippen LogP contribution is -2.44. The third-order valence-corrected chi connectivity index (χ3v) is 4.51. The van der Waals surface area contributed by atoms with Gasteiger partial charge >= 0.3 is 0 Å². The summed E-state index contributed by atoms with van der Waals surface area (Å²) < 4.78 is 5.80. The second-order valence-corrected chi connectivity index (χ2v) is 7.59. The van der Waals surface area contributed by atoms with Gasteiger partial charge in [-0.1, -0.05) is 24.3 Å². The molecule has 0 bridgehead atoms. The molecule has 6 heteroatoms. The van der Waals surface area contributed by atoms with Crippen molar-refractivity contribution in [3.63, 3.8) is 0 Å². The number of hydrogen-bond acceptors (Lipinski definition) is 4. The Morgan fingerprint density at radius 1 is 1.12 bits per heavy atom. The zero-order valence-electron chi connectivity index (χ0n) is 15.9. The smallest absolute Gasteiger partial charge is 0.166 e. The van der Waals surface area contributed by atoms with Gasteiger partial charge in [-0.05, 0) is 51.3 Å². The van der Waals surface area contributed by atoms with Crippen LogP contribution in [0.1, 0.15) is 25.0 Å². The van der Waals surface area contributed by atoms with Crippen LogP contribution in [0.4, 0.5) is 0 Å². The van der Waals surface area contributed by atoms with Crippen LogP contribution < -0.4 is 10.6 Å². The molecule has 0 radical (unpaired) electrons. The van der Waals surface area contributed by atoms with Crippen LogP contribution in [0.25, 0.3) is 0 Å². The van der Waals surface area contributed by atoms with Gasteiger partial charge in [-0.3, -0.25) is 4.90 Å². The number of morpholine rings is 1. The van der Waals surface area contributed by atoms with Crippen molar-refractivity contribution in [2.45, 2.75) is 39.1 Å². The predicted octanol–water partition coefficient (Wildman–Crippen LogP) is 1.82. The minimum Gasteiger partial charge on any atom is -0.373 e. The molecule has 5 nitrogen and oxygen atoms in total. The largest absolute Gasteiger partial charge is 0.373 e. The summed E-state index contributed by atoms with van der Waals surface area (Å²) in [5, 5.41) is 7.19. The highest BCUT2D eigenvalue weighted by atomic mass is 32.1. The second-order valence-electron chi connectivity index (χ2n) is 7.18. The molecule has 0 aliphatic carbocycles. The molecule has 2 N–H and O–H groups in total. The Labute approximate surface area is 157 Å². The number of nitrogens with one attached hydrogen (secondary N) is 2. The van der Waals surface area contributed by atoms with Crippen molar-refractivity contribution in [1.82, 2.24) is 20.4 Å². The average molecular weight is 365 g/mol. The van der Waals surface area contributed by atoms with Crippen LogP contribution in [-0.2, 0) is 17.8 Å². The van der Waals surface area contributed by atoms with Crippen molar-refractivity contribution in [3.05, 3.63) is 35.4 Å². The summed E-state index contributed by atoms with van der Waals surface area (Å²) in [6.45, 7) is 9.85. The molecule has 1 aromatic carbocycles. The maximum Gasteiger partial charge on any atom is 0.166 e. The van der Waals surface area contributed by atoms with E-state index in [2.05, 4.69) is 72.6 Å². The molecule has 0 aromatic heterocycles. The SMILES string of the molecule is C[C@H]1CN(Cc2ccc(CNC(=S)NCCN(C)C)cc2)C[C@H](C)O1. The molecule has 25 heavy (non-hydrogen) atoms. The van der Waals surface area contributed by atoms with Gasteiger partial charge in [0.1, 0.15) is 0 Å². The number of hydrogen-bond donors (Lipinski definition) is 2. The van der Waals surface area contributed by atoms with Gasteiger partial charge in [0, 0.05) is 39.3 Å². The molecule has 1 aliphatic heterocycles. The average Bonchev–Trinajstić information content (AvgIpc) is 2.53. The van der Waals surface area contributed by atoms with E-state index in [0.717, 1.165) is 39.3 Å². The number of ether oxygens (including phenoxy) is 1. The molecule has 1 aliphatic rings. The first-order valence-electron chi connectivity index (χ1n) is 9.04. The lowest BCUT2D eigenvalue weighted by atomic mass is 10.1. The first-order chi connectivity index (χ1) is 11.9. The zero-order valence-corrected chi connectivity index (χ0v) is 16.7. The molecule has 0 saturated carbocycles. The highest BCUT2D eigenvalue weighted by Crippen LogP contribution is 2.14. The molecule has 0 unspecified atom stereocenters. The monoisotopic (exact) mass is 364 g/mol. The van der Waals surface area contributed by atoms with Gasteiger partial charge < -0.3 is 20.3 Å². The van der Waals surface area contributed by atoms with Gasteiger partial charge in [0.05, 0.1) is 12.2 Å². The van der Waals surface area contributed by atoms with Gasteiger partial charge in [-0.25, -0.2) is 0 Å². The molecule has 2 rings (SSSR count). The molecule has 140 valence electrons. The Balaban J connectivity index is 1.73. The van der Waals surface area contributed by atoms with E-state index in [1.807, 2.05) is 0 Å². The summed E-state index contributed by atoms with van der Waals surface area (Å²) in [5.41, 5.74) is 2.58. The van der Waals surface area contributed by atoms with Gasteiger partial charge in [0.2, 0.25) is 0 Å². The molecule has 0 amide bonds. The number of likely N-dealkylation sites (N-methyl/N-ethyl adjacent to an activating group) is 1. The third kappa shape index (κ3) is 7.69. The van der Waals surface area contributed by atoms with Crippen LogP contribution >= 0.6 is 12.2 Å². The number of nitrogens with zero attached hydrogens (tertiary/aromatic N) is 2. The highest BCUT2D eigenvalue weighted by Gasteiger charge is 2.21. The van der Waals surface area contributed by atoms with Crippen LogP contribution in [0.2, 0.25) is 0 Å². The molecular weight excluding hydrogens is 332 g/mol. The summed E-state index contributed by atoms with van der Waals surface area (Å²) in [6.07, 6.45) is 0.626. The van der Waals surface area contributed by atoms with E-state index >= 15 is 0 Å². The van der Waals surface area contributed by atoms with Crippen molar-refractivity contribution in [3.8, 4) is 0 Å². The first kappa shape index (κ1) is 20.1. The zero-order chi connectivity index (χ0) is 18.2. The van der Waals surface area contributed by atoms with Crippen molar-refractivity contribution in [2.75, 3.05) is 40.3 Å². The van der Waals surface area contributed by atoms with E-state index in [0.29, 0.717) is 17.3 Å². The van der Waals surface area contributed by atoms with Crippen molar-refractivity contribution < 1.29 is 4.74 Å². The fourth-order valence-electron chi connectivity index (χ4n) is 3.07. The molecule has 2 atom stereocenters. The lowest BCUT2D eigenvalue weighted by Gasteiger charge is -2.35. The summed E-state index contributed by atoms with van der Waals surface area (Å²) in [6, 6.07) is 8.78. The normalized spacial score (nSPS) is 21.3. The van der Waals surface area contributed by atoms with Crippen LogP contribution in [0.5, 0.6) is 0 Å². The number of thiocarbonyl (C=S) groups is 1. The first-order valence-corrected chi connectivity index (χ1v) is 9.45. The summed E-state index contributed by atoms with van der Waals surface area (Å²) in [7, 11) is 4.11. The Morgan fingerprint density at radius 3 is 2.32 bits per heavy atom. The molecule has 1 aromatic rings. The summed E-state index contributed by atoms with van der Waals surface area (Å²) >= 11 is 5.30. The van der Waals surface area contributed by atoms with Crippen molar-refractivity contribution in [1.29, 1.82) is 0 Å². The van der Waals surface area contributed by atoms with Crippen molar-refractivity contribution >= 4 is 17.3 Å². The second kappa shape index (κ2) is 10.1. The quantitative estimate of drug-likeness (QED) is 0.719. The maximum atomic E-state index is 5.80. The Bertz CT molecular complexity index is 525. The Kier molecular flexibility index (Phi) is 8.09. The maximum absolute atomic E-state index is 5.80. The van der Waals surface area contributed by atoms with E-state index in [1.165, 1.54) is 11.1 Å². The molecule has 1 fully saturated rings. The summed E-state index contributed by atoms with van der Waals surface area (Å²) in [4.78, 5) is 4.60. The van der Waals surface area contributed by atoms with Gasteiger partial charge in [0.15, 0.2) is 5.11 Å². The minimum atomic E-state index is 0.313. The fourth-order valence-corrected chi connectivity index (χ4v) is 3.25. The van der Waals surface area contributed by atoms with E-state index in [4.69, 9.17) is 17.0 Å². The van der Waals surface area contributed by atoms with E-state index in [9.17, 15) is 0 Å². The summed E-state index contributed by atoms with van der Waals surface area (Å²) in [5.74, 6) is 0. The van der Waals surface area contributed by atoms with Crippen LogP contribution in [0.15, 0.2) is 24.3 Å². The lowest BCUT2D eigenvalue weighted by molar-refractivity contribution is -0.0704. The molecular formula is C19H32N4OS. The molecule has 1 saturated heterocycles. The standard InChI is InChI=1S/C19H32N4OS/c1-15-12-23(13-16(2)24-15)14-18-7-5-17(6-8-18)11-21-19(25)20-9-10-22(3)4/h5-8,15-16H,9-14H2,1-4H3,(H2,20,21,25)/t15-,16-/m0/s1. The molecule has 1 heterocycles. The Hall–Kier alpha value is -1.21. The van der Waals surface area contributed by atoms with Crippen molar-refractivity contribution in [2.24, 2.45) is 0 Å². The van der Waals surface area contributed by atoms with Gasteiger partial charge in [-0.2, -0.15) is 0 Å². The minimum absolute atomic E-state index is 0.313. The third-order valence-electron chi connectivity index (χ3n) is 4.22. The Morgan fingerprint density at radius 2 is 1.72 bits per heavy atom. The number of benzene rings is 1. The van der Waals surface area contributed by atoms with E-state index in [-0.39, 0.29) is 0 Å². The van der Waals surface area contributed by atoms with Crippen LogP contribution in [0.3, 0.4) is 0 Å². The molecule has 0 spiro atoms. The highest BCUT2D eigenvalue weighted by molar-refractivity contribution is 7.80. The van der Waals surface area contributed by atoms with Crippen LogP contribution in [-0.4, -0.2) is 67.4 Å². The van der Waals surface area contributed by atoms with Gasteiger partial charge in [-0.15, -0.1) is 0 Å². The van der Waals surface area contributed by atoms with E-state index in [1.54, 1.807) is 0 Å². The van der Waals surface area contributed by atoms with Crippen LogP contribution in [0, 0.1) is 0 Å².